The number of hydrogen-bond acceptors (Lipinski definition) is 3. The Morgan fingerprint density at radius 1 is 1.40 bits per heavy atom. The predicted molar refractivity (Wildman–Crippen MR) is 61.4 cm³/mol. The van der Waals surface area contributed by atoms with Gasteiger partial charge in [-0.2, -0.15) is 0 Å². The molecule has 0 aromatic rings. The van der Waals surface area contributed by atoms with Gasteiger partial charge in [-0.1, -0.05) is 0 Å². The van der Waals surface area contributed by atoms with Gasteiger partial charge in [0.1, 0.15) is 0 Å². The van der Waals surface area contributed by atoms with Gasteiger partial charge in [0, 0.05) is 18.9 Å². The van der Waals surface area contributed by atoms with Crippen LogP contribution in [-0.2, 0) is 9.30 Å². The van der Waals surface area contributed by atoms with E-state index in [4.69, 9.17) is 10.5 Å². The van der Waals surface area contributed by atoms with Crippen molar-refractivity contribution in [3.05, 3.63) is 0 Å². The summed E-state index contributed by atoms with van der Waals surface area (Å²) in [6, 6.07) is 0. The van der Waals surface area contributed by atoms with Crippen LogP contribution in [0.2, 0.25) is 0 Å². The van der Waals surface area contributed by atoms with Gasteiger partial charge in [0.25, 0.3) is 0 Å². The SMILES string of the molecule is NCCCP(=O)(O)CC[C@H]1CCCCO1. The average molecular weight is 235 g/mol. The van der Waals surface area contributed by atoms with Crippen LogP contribution in [0.1, 0.15) is 32.1 Å². The second-order valence-corrected chi connectivity index (χ2v) is 6.80. The van der Waals surface area contributed by atoms with Crippen molar-refractivity contribution in [3.63, 3.8) is 0 Å². The zero-order valence-electron chi connectivity index (χ0n) is 9.23. The second-order valence-electron chi connectivity index (χ2n) is 4.21. The fourth-order valence-corrected chi connectivity index (χ4v) is 3.42. The Balaban J connectivity index is 2.19. The van der Waals surface area contributed by atoms with Crippen LogP contribution in [0, 0.1) is 0 Å². The van der Waals surface area contributed by atoms with Crippen molar-refractivity contribution < 1.29 is 14.2 Å². The lowest BCUT2D eigenvalue weighted by Crippen LogP contribution is -2.20. The molecule has 0 radical (unpaired) electrons. The van der Waals surface area contributed by atoms with E-state index in [0.717, 1.165) is 25.9 Å². The number of ether oxygens (including phenoxy) is 1. The molecule has 15 heavy (non-hydrogen) atoms. The minimum absolute atomic E-state index is 0.206. The molecule has 0 saturated carbocycles. The van der Waals surface area contributed by atoms with E-state index in [1.165, 1.54) is 6.42 Å². The van der Waals surface area contributed by atoms with Crippen molar-refractivity contribution in [2.24, 2.45) is 5.73 Å². The van der Waals surface area contributed by atoms with Crippen LogP contribution in [0.3, 0.4) is 0 Å². The van der Waals surface area contributed by atoms with Crippen molar-refractivity contribution in [1.29, 1.82) is 0 Å². The standard InChI is InChI=1S/C10H22NO3P/c11-6-3-8-15(12,13)9-5-10-4-1-2-7-14-10/h10H,1-9,11H2,(H,12,13)/t10-/m1/s1. The van der Waals surface area contributed by atoms with E-state index in [-0.39, 0.29) is 6.10 Å². The minimum atomic E-state index is -2.94. The summed E-state index contributed by atoms with van der Waals surface area (Å²) in [6.07, 6.45) is 5.66. The first-order valence-electron chi connectivity index (χ1n) is 5.76. The molecule has 2 atom stereocenters. The third-order valence-corrected chi connectivity index (χ3v) is 4.76. The molecule has 1 fully saturated rings. The number of hydrogen-bond donors (Lipinski definition) is 2. The summed E-state index contributed by atoms with van der Waals surface area (Å²) in [5.41, 5.74) is 5.32. The molecule has 1 aliphatic heterocycles. The molecule has 1 rings (SSSR count). The molecule has 1 heterocycles. The van der Waals surface area contributed by atoms with Crippen LogP contribution in [0.4, 0.5) is 0 Å². The highest BCUT2D eigenvalue weighted by Gasteiger charge is 2.21. The van der Waals surface area contributed by atoms with Gasteiger partial charge in [-0.3, -0.25) is 4.57 Å². The smallest absolute Gasteiger partial charge is 0.200 e. The predicted octanol–water partition coefficient (Wildman–Crippen LogP) is 1.56. The van der Waals surface area contributed by atoms with Gasteiger partial charge in [-0.25, -0.2) is 0 Å². The first-order chi connectivity index (χ1) is 7.14. The molecule has 0 aromatic heterocycles. The van der Waals surface area contributed by atoms with E-state index in [2.05, 4.69) is 0 Å². The van der Waals surface area contributed by atoms with E-state index in [0.29, 0.717) is 25.3 Å². The Bertz CT molecular complexity index is 217. The molecule has 0 aliphatic carbocycles. The maximum Gasteiger partial charge on any atom is 0.200 e. The highest BCUT2D eigenvalue weighted by Crippen LogP contribution is 2.42. The summed E-state index contributed by atoms with van der Waals surface area (Å²) in [7, 11) is -2.94. The third-order valence-electron chi connectivity index (χ3n) is 2.79. The van der Waals surface area contributed by atoms with Crippen molar-refractivity contribution in [2.45, 2.75) is 38.2 Å². The van der Waals surface area contributed by atoms with E-state index in [1.807, 2.05) is 0 Å². The zero-order chi connectivity index (χ0) is 11.1. The first-order valence-corrected chi connectivity index (χ1v) is 7.79. The summed E-state index contributed by atoms with van der Waals surface area (Å²) >= 11 is 0. The molecule has 90 valence electrons. The maximum absolute atomic E-state index is 11.7. The maximum atomic E-state index is 11.7. The Kier molecular flexibility index (Phi) is 5.83. The zero-order valence-corrected chi connectivity index (χ0v) is 10.1. The number of nitrogens with two attached hydrogens (primary N) is 1. The van der Waals surface area contributed by atoms with E-state index in [9.17, 15) is 9.46 Å². The second kappa shape index (κ2) is 6.64. The largest absolute Gasteiger partial charge is 0.378 e. The van der Waals surface area contributed by atoms with Gasteiger partial charge < -0.3 is 15.4 Å². The molecular weight excluding hydrogens is 213 g/mol. The van der Waals surface area contributed by atoms with E-state index >= 15 is 0 Å². The average Bonchev–Trinajstić information content (AvgIpc) is 2.25. The summed E-state index contributed by atoms with van der Waals surface area (Å²) in [6.45, 7) is 1.30. The van der Waals surface area contributed by atoms with Crippen molar-refractivity contribution in [3.8, 4) is 0 Å². The van der Waals surface area contributed by atoms with Crippen LogP contribution in [-0.4, -0.2) is 36.5 Å². The minimum Gasteiger partial charge on any atom is -0.378 e. The third kappa shape index (κ3) is 5.67. The monoisotopic (exact) mass is 235 g/mol. The fourth-order valence-electron chi connectivity index (χ4n) is 1.83. The molecule has 0 spiro atoms. The molecule has 3 N–H and O–H groups in total. The molecule has 0 bridgehead atoms. The molecular formula is C10H22NO3P. The van der Waals surface area contributed by atoms with Gasteiger partial charge >= 0.3 is 0 Å². The Labute approximate surface area is 91.6 Å². The van der Waals surface area contributed by atoms with Gasteiger partial charge in [-0.15, -0.1) is 0 Å². The summed E-state index contributed by atoms with van der Waals surface area (Å²) in [4.78, 5) is 9.62. The molecule has 0 amide bonds. The highest BCUT2D eigenvalue weighted by molar-refractivity contribution is 7.57. The first kappa shape index (κ1) is 13.2. The van der Waals surface area contributed by atoms with Gasteiger partial charge in [0.15, 0.2) is 0 Å². The van der Waals surface area contributed by atoms with Crippen LogP contribution >= 0.6 is 7.37 Å². The summed E-state index contributed by atoms with van der Waals surface area (Å²) in [5, 5.41) is 0. The molecule has 1 saturated heterocycles. The van der Waals surface area contributed by atoms with Gasteiger partial charge in [0.05, 0.1) is 6.10 Å². The van der Waals surface area contributed by atoms with Crippen LogP contribution in [0.15, 0.2) is 0 Å². The van der Waals surface area contributed by atoms with Crippen LogP contribution in [0.5, 0.6) is 0 Å². The Morgan fingerprint density at radius 3 is 2.80 bits per heavy atom. The lowest BCUT2D eigenvalue weighted by atomic mass is 10.1. The van der Waals surface area contributed by atoms with Gasteiger partial charge in [0.2, 0.25) is 7.37 Å². The number of rotatable bonds is 6. The van der Waals surface area contributed by atoms with Crippen molar-refractivity contribution >= 4 is 7.37 Å². The molecule has 1 aliphatic rings. The van der Waals surface area contributed by atoms with E-state index < -0.39 is 7.37 Å². The lowest BCUT2D eigenvalue weighted by molar-refractivity contribution is 0.0144. The molecule has 5 heteroatoms. The van der Waals surface area contributed by atoms with E-state index in [1.54, 1.807) is 0 Å². The molecule has 0 aromatic carbocycles. The van der Waals surface area contributed by atoms with Crippen LogP contribution < -0.4 is 5.73 Å². The summed E-state index contributed by atoms with van der Waals surface area (Å²) in [5.74, 6) is 0. The topological polar surface area (TPSA) is 72.6 Å². The van der Waals surface area contributed by atoms with Crippen molar-refractivity contribution in [2.75, 3.05) is 25.5 Å². The highest BCUT2D eigenvalue weighted by atomic mass is 31.2. The fraction of sp³-hybridized carbons (Fsp3) is 1.00. The normalized spacial score (nSPS) is 26.1. The quantitative estimate of drug-likeness (QED) is 0.685. The molecule has 1 unspecified atom stereocenters. The Morgan fingerprint density at radius 2 is 2.20 bits per heavy atom. The molecule has 4 nitrogen and oxygen atoms in total. The lowest BCUT2D eigenvalue weighted by Gasteiger charge is -2.23. The van der Waals surface area contributed by atoms with Crippen LogP contribution in [0.25, 0.3) is 0 Å². The van der Waals surface area contributed by atoms with Crippen molar-refractivity contribution in [1.82, 2.24) is 0 Å². The summed E-state index contributed by atoms with van der Waals surface area (Å²) < 4.78 is 17.2. The van der Waals surface area contributed by atoms with Gasteiger partial charge in [-0.05, 0) is 38.6 Å². The Hall–Kier alpha value is 0.110.